The normalized spacial score (nSPS) is 12.4. The number of rotatable bonds is 6. The SMILES string of the molecule is Cc1ccc(-c2c([CH]C(C)(C)C)c(CC(C)(C)C)nc(C)c2CSc2ncc[nH]2)cc1. The number of hydrogen-bond donors (Lipinski definition) is 1. The summed E-state index contributed by atoms with van der Waals surface area (Å²) < 4.78 is 0. The van der Waals surface area contributed by atoms with Crippen LogP contribution in [0, 0.1) is 31.1 Å². The molecule has 0 saturated heterocycles. The summed E-state index contributed by atoms with van der Waals surface area (Å²) in [5, 5.41) is 0.939. The first-order valence-electron chi connectivity index (χ1n) is 11.0. The van der Waals surface area contributed by atoms with E-state index in [2.05, 4.69) is 96.0 Å². The fourth-order valence-corrected chi connectivity index (χ4v) is 4.66. The second-order valence-corrected chi connectivity index (χ2v) is 11.7. The van der Waals surface area contributed by atoms with Crippen molar-refractivity contribution in [1.29, 1.82) is 0 Å². The largest absolute Gasteiger partial charge is 0.340 e. The molecule has 0 aliphatic heterocycles. The molecule has 31 heavy (non-hydrogen) atoms. The van der Waals surface area contributed by atoms with Gasteiger partial charge in [-0.2, -0.15) is 0 Å². The lowest BCUT2D eigenvalue weighted by atomic mass is 9.79. The summed E-state index contributed by atoms with van der Waals surface area (Å²) in [5.74, 6) is 0.830. The van der Waals surface area contributed by atoms with Gasteiger partial charge >= 0.3 is 0 Å². The van der Waals surface area contributed by atoms with Crippen LogP contribution in [0.4, 0.5) is 0 Å². The molecule has 0 fully saturated rings. The summed E-state index contributed by atoms with van der Waals surface area (Å²) in [4.78, 5) is 12.8. The number of imidazole rings is 1. The van der Waals surface area contributed by atoms with E-state index in [1.165, 1.54) is 33.5 Å². The Balaban J connectivity index is 2.22. The minimum atomic E-state index is 0.0500. The molecule has 165 valence electrons. The van der Waals surface area contributed by atoms with Crippen molar-refractivity contribution in [1.82, 2.24) is 15.0 Å². The number of aromatic amines is 1. The van der Waals surface area contributed by atoms with Gasteiger partial charge < -0.3 is 4.98 Å². The molecule has 0 amide bonds. The molecule has 1 radical (unpaired) electrons. The molecule has 2 aromatic heterocycles. The first-order chi connectivity index (χ1) is 14.4. The molecule has 1 aromatic carbocycles. The maximum absolute atomic E-state index is 5.17. The van der Waals surface area contributed by atoms with Gasteiger partial charge in [0.1, 0.15) is 0 Å². The molecule has 1 N–H and O–H groups in total. The van der Waals surface area contributed by atoms with Gasteiger partial charge in [-0.05, 0) is 59.8 Å². The van der Waals surface area contributed by atoms with Gasteiger partial charge in [0.25, 0.3) is 0 Å². The third-order valence-corrected chi connectivity index (χ3v) is 5.99. The standard InChI is InChI=1S/C27H36N3S/c1-18-9-11-20(12-10-18)24-21(15-26(3,4)5)23(16-27(6,7)8)30-19(2)22(24)17-31-25-28-13-14-29-25/h9-15H,16-17H2,1-8H3,(H,28,29). The predicted molar refractivity (Wildman–Crippen MR) is 133 cm³/mol. The summed E-state index contributed by atoms with van der Waals surface area (Å²) in [7, 11) is 0. The Kier molecular flexibility index (Phi) is 7.00. The van der Waals surface area contributed by atoms with Crippen LogP contribution in [0.1, 0.15) is 69.6 Å². The zero-order chi connectivity index (χ0) is 22.8. The topological polar surface area (TPSA) is 41.6 Å². The Morgan fingerprint density at radius 3 is 2.23 bits per heavy atom. The van der Waals surface area contributed by atoms with Crippen LogP contribution in [0.25, 0.3) is 11.1 Å². The van der Waals surface area contributed by atoms with Crippen molar-refractivity contribution < 1.29 is 0 Å². The number of nitrogens with one attached hydrogen (secondary N) is 1. The quantitative estimate of drug-likeness (QED) is 0.407. The van der Waals surface area contributed by atoms with Gasteiger partial charge in [-0.3, -0.25) is 4.98 Å². The molecular weight excluding hydrogens is 398 g/mol. The molecule has 4 heteroatoms. The van der Waals surface area contributed by atoms with Crippen molar-refractivity contribution in [3.05, 3.63) is 71.2 Å². The number of pyridine rings is 1. The van der Waals surface area contributed by atoms with Crippen LogP contribution in [-0.4, -0.2) is 15.0 Å². The van der Waals surface area contributed by atoms with E-state index in [-0.39, 0.29) is 10.8 Å². The van der Waals surface area contributed by atoms with E-state index < -0.39 is 0 Å². The highest BCUT2D eigenvalue weighted by Crippen LogP contribution is 2.40. The van der Waals surface area contributed by atoms with Crippen LogP contribution in [0.5, 0.6) is 0 Å². The van der Waals surface area contributed by atoms with Crippen LogP contribution in [0.15, 0.2) is 41.8 Å². The van der Waals surface area contributed by atoms with Gasteiger partial charge in [0, 0.05) is 29.5 Å². The first kappa shape index (κ1) is 23.6. The van der Waals surface area contributed by atoms with Gasteiger partial charge in [-0.15, -0.1) is 0 Å². The lowest BCUT2D eigenvalue weighted by Gasteiger charge is -2.28. The monoisotopic (exact) mass is 434 g/mol. The predicted octanol–water partition coefficient (Wildman–Crippen LogP) is 7.57. The highest BCUT2D eigenvalue weighted by molar-refractivity contribution is 7.98. The lowest BCUT2D eigenvalue weighted by Crippen LogP contribution is -2.18. The summed E-state index contributed by atoms with van der Waals surface area (Å²) in [6, 6.07) is 8.93. The van der Waals surface area contributed by atoms with Crippen molar-refractivity contribution in [2.45, 2.75) is 72.7 Å². The Bertz CT molecular complexity index is 1000. The minimum absolute atomic E-state index is 0.0500. The van der Waals surface area contributed by atoms with Gasteiger partial charge in [-0.25, -0.2) is 4.98 Å². The number of aromatic nitrogens is 3. The number of thioether (sulfide) groups is 1. The lowest BCUT2D eigenvalue weighted by molar-refractivity contribution is 0.403. The fraction of sp³-hybridized carbons (Fsp3) is 0.444. The maximum Gasteiger partial charge on any atom is 0.165 e. The van der Waals surface area contributed by atoms with Crippen molar-refractivity contribution >= 4 is 11.8 Å². The molecule has 0 atom stereocenters. The molecule has 0 saturated carbocycles. The summed E-state index contributed by atoms with van der Waals surface area (Å²) in [6.45, 7) is 18.0. The summed E-state index contributed by atoms with van der Waals surface area (Å²) in [6.07, 6.45) is 7.04. The van der Waals surface area contributed by atoms with E-state index in [1.807, 2.05) is 6.20 Å². The number of benzene rings is 1. The van der Waals surface area contributed by atoms with E-state index in [4.69, 9.17) is 4.98 Å². The summed E-state index contributed by atoms with van der Waals surface area (Å²) in [5.41, 5.74) is 8.95. The molecule has 0 aliphatic carbocycles. The average Bonchev–Trinajstić information content (AvgIpc) is 3.15. The summed E-state index contributed by atoms with van der Waals surface area (Å²) >= 11 is 1.73. The van der Waals surface area contributed by atoms with E-state index >= 15 is 0 Å². The van der Waals surface area contributed by atoms with Crippen molar-refractivity contribution in [3.63, 3.8) is 0 Å². The molecule has 0 unspecified atom stereocenters. The number of aryl methyl sites for hydroxylation is 2. The molecule has 2 heterocycles. The van der Waals surface area contributed by atoms with Crippen LogP contribution in [0.2, 0.25) is 0 Å². The molecule has 3 nitrogen and oxygen atoms in total. The number of nitrogens with zero attached hydrogens (tertiary/aromatic N) is 2. The first-order valence-corrected chi connectivity index (χ1v) is 12.0. The van der Waals surface area contributed by atoms with Gasteiger partial charge in [0.2, 0.25) is 0 Å². The smallest absolute Gasteiger partial charge is 0.165 e. The third-order valence-electron chi connectivity index (χ3n) is 5.06. The van der Waals surface area contributed by atoms with Crippen molar-refractivity contribution in [3.8, 4) is 11.1 Å². The van der Waals surface area contributed by atoms with Crippen molar-refractivity contribution in [2.75, 3.05) is 0 Å². The Hall–Kier alpha value is -2.07. The van der Waals surface area contributed by atoms with E-state index in [0.717, 1.165) is 23.0 Å². The van der Waals surface area contributed by atoms with Gasteiger partial charge in [0.05, 0.1) is 0 Å². The molecule has 0 bridgehead atoms. The molecule has 3 aromatic rings. The molecule has 3 rings (SSSR count). The number of hydrogen-bond acceptors (Lipinski definition) is 3. The zero-order valence-electron chi connectivity index (χ0n) is 20.3. The molecule has 0 spiro atoms. The molecular formula is C27H36N3S. The van der Waals surface area contributed by atoms with Crippen LogP contribution >= 0.6 is 11.8 Å². The fourth-order valence-electron chi connectivity index (χ4n) is 3.74. The second-order valence-electron chi connectivity index (χ2n) is 10.7. The van der Waals surface area contributed by atoms with Gasteiger partial charge in [0.15, 0.2) is 5.16 Å². The van der Waals surface area contributed by atoms with Crippen LogP contribution < -0.4 is 0 Å². The van der Waals surface area contributed by atoms with E-state index in [0.29, 0.717) is 0 Å². The maximum atomic E-state index is 5.17. The highest BCUT2D eigenvalue weighted by Gasteiger charge is 2.26. The third kappa shape index (κ3) is 6.46. The second kappa shape index (κ2) is 9.20. The Morgan fingerprint density at radius 1 is 1.00 bits per heavy atom. The highest BCUT2D eigenvalue weighted by atomic mass is 32.2. The van der Waals surface area contributed by atoms with Gasteiger partial charge in [-0.1, -0.05) is 83.1 Å². The van der Waals surface area contributed by atoms with Crippen molar-refractivity contribution in [2.24, 2.45) is 10.8 Å². The average molecular weight is 435 g/mol. The number of H-pyrrole nitrogens is 1. The minimum Gasteiger partial charge on any atom is -0.340 e. The zero-order valence-corrected chi connectivity index (χ0v) is 21.1. The molecule has 0 aliphatic rings. The van der Waals surface area contributed by atoms with Crippen LogP contribution in [-0.2, 0) is 12.2 Å². The van der Waals surface area contributed by atoms with E-state index in [1.54, 1.807) is 18.0 Å². The Labute approximate surface area is 192 Å². The Morgan fingerprint density at radius 2 is 1.68 bits per heavy atom. The van der Waals surface area contributed by atoms with E-state index in [9.17, 15) is 0 Å². The van der Waals surface area contributed by atoms with Crippen LogP contribution in [0.3, 0.4) is 0 Å².